The first-order valence-electron chi connectivity index (χ1n) is 4.64. The summed E-state index contributed by atoms with van der Waals surface area (Å²) in [6, 6.07) is 0.533. The molecule has 0 rings (SSSR count). The number of nitrogens with two attached hydrogens (primary N) is 2. The van der Waals surface area contributed by atoms with E-state index in [1.165, 1.54) is 0 Å². The maximum absolute atomic E-state index is 6.07. The van der Waals surface area contributed by atoms with E-state index in [0.717, 1.165) is 13.0 Å². The number of likely N-dealkylation sites (N-methyl/N-ethyl adjacent to an activating group) is 1. The van der Waals surface area contributed by atoms with Gasteiger partial charge in [0.2, 0.25) is 0 Å². The van der Waals surface area contributed by atoms with Gasteiger partial charge >= 0.3 is 0 Å². The Hall–Kier alpha value is -0.120. The van der Waals surface area contributed by atoms with Gasteiger partial charge in [0.25, 0.3) is 0 Å². The molecule has 0 spiro atoms. The first-order chi connectivity index (χ1) is 5.45. The Morgan fingerprint density at radius 3 is 2.17 bits per heavy atom. The smallest absolute Gasteiger partial charge is 0.0404 e. The minimum absolute atomic E-state index is 0.209. The van der Waals surface area contributed by atoms with E-state index < -0.39 is 0 Å². The lowest BCUT2D eigenvalue weighted by atomic mass is 9.97. The van der Waals surface area contributed by atoms with Crippen LogP contribution in [0.25, 0.3) is 0 Å². The predicted molar refractivity (Wildman–Crippen MR) is 54.0 cm³/mol. The summed E-state index contributed by atoms with van der Waals surface area (Å²) >= 11 is 0. The minimum atomic E-state index is -0.209. The molecule has 0 saturated heterocycles. The normalized spacial score (nSPS) is 17.0. The number of hydrogen-bond donors (Lipinski definition) is 2. The molecule has 3 nitrogen and oxygen atoms in total. The average molecular weight is 173 g/mol. The van der Waals surface area contributed by atoms with Crippen molar-refractivity contribution in [1.82, 2.24) is 4.90 Å². The van der Waals surface area contributed by atoms with Crippen molar-refractivity contribution in [3.63, 3.8) is 0 Å². The van der Waals surface area contributed by atoms with Crippen LogP contribution in [0.3, 0.4) is 0 Å². The van der Waals surface area contributed by atoms with Crippen molar-refractivity contribution in [2.45, 2.75) is 38.8 Å². The van der Waals surface area contributed by atoms with Crippen molar-refractivity contribution in [3.05, 3.63) is 0 Å². The lowest BCUT2D eigenvalue weighted by Crippen LogP contribution is -2.55. The summed E-state index contributed by atoms with van der Waals surface area (Å²) in [7, 11) is 2.08. The molecule has 74 valence electrons. The zero-order valence-electron chi connectivity index (χ0n) is 8.80. The second kappa shape index (κ2) is 4.80. The van der Waals surface area contributed by atoms with E-state index in [0.29, 0.717) is 12.6 Å². The van der Waals surface area contributed by atoms with Crippen LogP contribution in [0.2, 0.25) is 0 Å². The van der Waals surface area contributed by atoms with Crippen LogP contribution in [-0.4, -0.2) is 36.6 Å². The molecule has 0 aromatic rings. The third kappa shape index (κ3) is 3.52. The second-order valence-electron chi connectivity index (χ2n) is 3.93. The monoisotopic (exact) mass is 173 g/mol. The van der Waals surface area contributed by atoms with Gasteiger partial charge in [-0.1, -0.05) is 6.92 Å². The minimum Gasteiger partial charge on any atom is -0.329 e. The van der Waals surface area contributed by atoms with Gasteiger partial charge in [0, 0.05) is 24.7 Å². The number of nitrogens with zero attached hydrogens (tertiary/aromatic N) is 1. The Morgan fingerprint density at radius 2 is 1.92 bits per heavy atom. The quantitative estimate of drug-likeness (QED) is 0.632. The highest BCUT2D eigenvalue weighted by Gasteiger charge is 2.23. The lowest BCUT2D eigenvalue weighted by Gasteiger charge is -2.33. The summed E-state index contributed by atoms with van der Waals surface area (Å²) in [5, 5.41) is 0. The largest absolute Gasteiger partial charge is 0.329 e. The Kier molecular flexibility index (Phi) is 4.75. The molecule has 3 heteroatoms. The summed E-state index contributed by atoms with van der Waals surface area (Å²) in [6.07, 6.45) is 0.931. The van der Waals surface area contributed by atoms with Crippen LogP contribution >= 0.6 is 0 Å². The van der Waals surface area contributed by atoms with Crippen LogP contribution in [-0.2, 0) is 0 Å². The second-order valence-corrected chi connectivity index (χ2v) is 3.93. The van der Waals surface area contributed by atoms with Crippen molar-refractivity contribution in [2.24, 2.45) is 11.5 Å². The van der Waals surface area contributed by atoms with Crippen molar-refractivity contribution in [2.75, 3.05) is 20.1 Å². The van der Waals surface area contributed by atoms with Crippen molar-refractivity contribution in [1.29, 1.82) is 0 Å². The molecule has 1 atom stereocenters. The third-order valence-electron chi connectivity index (χ3n) is 2.56. The van der Waals surface area contributed by atoms with Crippen LogP contribution < -0.4 is 11.5 Å². The maximum atomic E-state index is 6.07. The number of hydrogen-bond acceptors (Lipinski definition) is 3. The predicted octanol–water partition coefficient (Wildman–Crippen LogP) is 0.393. The van der Waals surface area contributed by atoms with E-state index in [1.54, 1.807) is 0 Å². The van der Waals surface area contributed by atoms with Gasteiger partial charge in [-0.05, 0) is 27.3 Å². The molecule has 0 radical (unpaired) electrons. The Balaban J connectivity index is 4.02. The van der Waals surface area contributed by atoms with Gasteiger partial charge in [-0.3, -0.25) is 0 Å². The van der Waals surface area contributed by atoms with Gasteiger partial charge in [0.05, 0.1) is 0 Å². The fraction of sp³-hybridized carbons (Fsp3) is 1.00. The zero-order valence-corrected chi connectivity index (χ0v) is 8.80. The molecule has 0 saturated carbocycles. The molecule has 0 aliphatic carbocycles. The van der Waals surface area contributed by atoms with E-state index in [9.17, 15) is 0 Å². The zero-order chi connectivity index (χ0) is 9.78. The summed E-state index contributed by atoms with van der Waals surface area (Å²) in [6.45, 7) is 7.83. The molecule has 0 aliphatic heterocycles. The van der Waals surface area contributed by atoms with Crippen LogP contribution in [0.4, 0.5) is 0 Å². The van der Waals surface area contributed by atoms with E-state index in [1.807, 2.05) is 0 Å². The van der Waals surface area contributed by atoms with Crippen molar-refractivity contribution >= 4 is 0 Å². The van der Waals surface area contributed by atoms with E-state index in [2.05, 4.69) is 32.7 Å². The first kappa shape index (κ1) is 11.9. The van der Waals surface area contributed by atoms with Crippen molar-refractivity contribution in [3.8, 4) is 0 Å². The van der Waals surface area contributed by atoms with Crippen LogP contribution in [0, 0.1) is 0 Å². The van der Waals surface area contributed by atoms with Gasteiger partial charge in [0.15, 0.2) is 0 Å². The molecule has 4 N–H and O–H groups in total. The standard InChI is InChI=1S/C9H23N3/c1-5-9(11,6-10)7-12(4)8(2)3/h8H,5-7,10-11H2,1-4H3. The Bertz CT molecular complexity index is 119. The molecule has 0 amide bonds. The van der Waals surface area contributed by atoms with Gasteiger partial charge in [-0.15, -0.1) is 0 Å². The molecule has 0 fully saturated rings. The maximum Gasteiger partial charge on any atom is 0.0404 e. The molecule has 1 unspecified atom stereocenters. The molecule has 12 heavy (non-hydrogen) atoms. The molecular weight excluding hydrogens is 150 g/mol. The molecule has 0 bridgehead atoms. The SMILES string of the molecule is CCC(N)(CN)CN(C)C(C)C. The number of rotatable bonds is 5. The van der Waals surface area contributed by atoms with E-state index in [4.69, 9.17) is 11.5 Å². The van der Waals surface area contributed by atoms with Gasteiger partial charge in [-0.25, -0.2) is 0 Å². The van der Waals surface area contributed by atoms with Gasteiger partial charge in [-0.2, -0.15) is 0 Å². The molecule has 0 heterocycles. The first-order valence-corrected chi connectivity index (χ1v) is 4.64. The van der Waals surface area contributed by atoms with Crippen LogP contribution in [0.1, 0.15) is 27.2 Å². The van der Waals surface area contributed by atoms with Crippen LogP contribution in [0.15, 0.2) is 0 Å². The third-order valence-corrected chi connectivity index (χ3v) is 2.56. The van der Waals surface area contributed by atoms with E-state index >= 15 is 0 Å². The van der Waals surface area contributed by atoms with Crippen LogP contribution in [0.5, 0.6) is 0 Å². The van der Waals surface area contributed by atoms with E-state index in [-0.39, 0.29) is 5.54 Å². The fourth-order valence-electron chi connectivity index (χ4n) is 1.000. The topological polar surface area (TPSA) is 55.3 Å². The Morgan fingerprint density at radius 1 is 1.42 bits per heavy atom. The molecule has 0 aliphatic rings. The highest BCUT2D eigenvalue weighted by molar-refractivity contribution is 4.87. The molecular formula is C9H23N3. The summed E-state index contributed by atoms with van der Waals surface area (Å²) in [5.74, 6) is 0. The summed E-state index contributed by atoms with van der Waals surface area (Å²) in [4.78, 5) is 2.23. The summed E-state index contributed by atoms with van der Waals surface area (Å²) in [5.41, 5.74) is 11.5. The fourth-order valence-corrected chi connectivity index (χ4v) is 1.000. The lowest BCUT2D eigenvalue weighted by molar-refractivity contribution is 0.206. The summed E-state index contributed by atoms with van der Waals surface area (Å²) < 4.78 is 0. The van der Waals surface area contributed by atoms with Gasteiger partial charge in [0.1, 0.15) is 0 Å². The average Bonchev–Trinajstić information content (AvgIpc) is 2.04. The van der Waals surface area contributed by atoms with Crippen molar-refractivity contribution < 1.29 is 0 Å². The van der Waals surface area contributed by atoms with Gasteiger partial charge < -0.3 is 16.4 Å². The highest BCUT2D eigenvalue weighted by atomic mass is 15.1. The molecule has 0 aromatic carbocycles. The highest BCUT2D eigenvalue weighted by Crippen LogP contribution is 2.07. The molecule has 0 aromatic heterocycles. The Labute approximate surface area is 76.1 Å².